The molecule has 0 amide bonds. The Morgan fingerprint density at radius 1 is 1.26 bits per heavy atom. The lowest BCUT2D eigenvalue weighted by Crippen LogP contribution is -2.02. The summed E-state index contributed by atoms with van der Waals surface area (Å²) in [6.45, 7) is 6.68. The summed E-state index contributed by atoms with van der Waals surface area (Å²) in [6, 6.07) is 4.28. The first-order chi connectivity index (χ1) is 8.97. The van der Waals surface area contributed by atoms with E-state index in [-0.39, 0.29) is 6.42 Å². The van der Waals surface area contributed by atoms with Crippen LogP contribution in [-0.2, 0) is 11.3 Å². The number of imidazole rings is 1. The van der Waals surface area contributed by atoms with Gasteiger partial charge in [-0.05, 0) is 31.9 Å². The molecular weight excluding hydrogens is 240 g/mol. The number of nitrogens with zero attached hydrogens (tertiary/aromatic N) is 2. The van der Waals surface area contributed by atoms with Crippen molar-refractivity contribution in [3.8, 4) is 11.3 Å². The Kier molecular flexibility index (Phi) is 3.69. The number of aliphatic carboxylic acids is 1. The molecular formula is C15H18N2O2. The predicted octanol–water partition coefficient (Wildman–Crippen LogP) is 2.95. The first-order valence-electron chi connectivity index (χ1n) is 6.29. The van der Waals surface area contributed by atoms with Crippen LogP contribution in [0.3, 0.4) is 0 Å². The van der Waals surface area contributed by atoms with E-state index in [0.29, 0.717) is 6.54 Å². The van der Waals surface area contributed by atoms with E-state index in [1.54, 1.807) is 6.33 Å². The fourth-order valence-corrected chi connectivity index (χ4v) is 2.42. The normalized spacial score (nSPS) is 10.7. The molecule has 2 aromatic rings. The van der Waals surface area contributed by atoms with Gasteiger partial charge in [0, 0.05) is 18.3 Å². The maximum absolute atomic E-state index is 10.6. The number of aromatic nitrogens is 2. The van der Waals surface area contributed by atoms with Crippen LogP contribution in [0.4, 0.5) is 0 Å². The highest BCUT2D eigenvalue weighted by Crippen LogP contribution is 2.26. The van der Waals surface area contributed by atoms with Crippen molar-refractivity contribution in [1.82, 2.24) is 9.55 Å². The summed E-state index contributed by atoms with van der Waals surface area (Å²) in [6.07, 6.45) is 3.71. The Morgan fingerprint density at radius 3 is 2.47 bits per heavy atom. The second-order valence-electron chi connectivity index (χ2n) is 4.91. The lowest BCUT2D eigenvalue weighted by molar-refractivity contribution is -0.137. The van der Waals surface area contributed by atoms with E-state index in [0.717, 1.165) is 11.3 Å². The molecule has 0 saturated carbocycles. The number of carboxylic acids is 1. The van der Waals surface area contributed by atoms with E-state index in [1.807, 2.05) is 10.8 Å². The van der Waals surface area contributed by atoms with E-state index >= 15 is 0 Å². The molecule has 0 fully saturated rings. The summed E-state index contributed by atoms with van der Waals surface area (Å²) >= 11 is 0. The standard InChI is InChI=1S/C15H18N2O2/c1-10-6-11(2)15(12(3)7-10)13-8-17(9-16-13)5-4-14(18)19/h6-9H,4-5H2,1-3H3,(H,18,19). The number of carbonyl (C=O) groups is 1. The van der Waals surface area contributed by atoms with Gasteiger partial charge < -0.3 is 9.67 Å². The summed E-state index contributed by atoms with van der Waals surface area (Å²) in [5, 5.41) is 8.68. The van der Waals surface area contributed by atoms with E-state index in [2.05, 4.69) is 37.9 Å². The van der Waals surface area contributed by atoms with Crippen molar-refractivity contribution >= 4 is 5.97 Å². The van der Waals surface area contributed by atoms with Gasteiger partial charge in [-0.15, -0.1) is 0 Å². The lowest BCUT2D eigenvalue weighted by atomic mass is 9.98. The van der Waals surface area contributed by atoms with Crippen molar-refractivity contribution in [3.05, 3.63) is 41.3 Å². The number of rotatable bonds is 4. The van der Waals surface area contributed by atoms with Crippen molar-refractivity contribution in [3.63, 3.8) is 0 Å². The van der Waals surface area contributed by atoms with Crippen molar-refractivity contribution in [2.45, 2.75) is 33.7 Å². The number of carboxylic acid groups (broad SMARTS) is 1. The Balaban J connectivity index is 2.30. The van der Waals surface area contributed by atoms with Gasteiger partial charge in [-0.3, -0.25) is 4.79 Å². The second kappa shape index (κ2) is 5.26. The molecule has 0 aliphatic heterocycles. The van der Waals surface area contributed by atoms with Gasteiger partial charge in [0.1, 0.15) is 0 Å². The summed E-state index contributed by atoms with van der Waals surface area (Å²) in [7, 11) is 0. The van der Waals surface area contributed by atoms with Crippen molar-refractivity contribution in [2.24, 2.45) is 0 Å². The smallest absolute Gasteiger partial charge is 0.305 e. The van der Waals surface area contributed by atoms with Crippen molar-refractivity contribution in [1.29, 1.82) is 0 Å². The molecule has 4 nitrogen and oxygen atoms in total. The molecule has 0 spiro atoms. The predicted molar refractivity (Wildman–Crippen MR) is 74.1 cm³/mol. The topological polar surface area (TPSA) is 55.1 Å². The summed E-state index contributed by atoms with van der Waals surface area (Å²) in [4.78, 5) is 14.9. The van der Waals surface area contributed by atoms with E-state index in [4.69, 9.17) is 5.11 Å². The van der Waals surface area contributed by atoms with Crippen LogP contribution in [0.25, 0.3) is 11.3 Å². The number of hydrogen-bond donors (Lipinski definition) is 1. The maximum atomic E-state index is 10.6. The van der Waals surface area contributed by atoms with Crippen molar-refractivity contribution in [2.75, 3.05) is 0 Å². The maximum Gasteiger partial charge on any atom is 0.305 e. The monoisotopic (exact) mass is 258 g/mol. The first kappa shape index (κ1) is 13.3. The fraction of sp³-hybridized carbons (Fsp3) is 0.333. The molecule has 0 aliphatic carbocycles. The van der Waals surface area contributed by atoms with E-state index in [1.165, 1.54) is 16.7 Å². The molecule has 100 valence electrons. The first-order valence-corrected chi connectivity index (χ1v) is 6.29. The Bertz CT molecular complexity index is 591. The SMILES string of the molecule is Cc1cc(C)c(-c2cn(CCC(=O)O)cn2)c(C)c1. The van der Waals surface area contributed by atoms with Crippen LogP contribution in [0, 0.1) is 20.8 Å². The van der Waals surface area contributed by atoms with Crippen LogP contribution in [-0.4, -0.2) is 20.6 Å². The van der Waals surface area contributed by atoms with Gasteiger partial charge in [-0.1, -0.05) is 17.7 Å². The van der Waals surface area contributed by atoms with Gasteiger partial charge in [0.25, 0.3) is 0 Å². The third-order valence-corrected chi connectivity index (χ3v) is 3.15. The van der Waals surface area contributed by atoms with E-state index < -0.39 is 5.97 Å². The van der Waals surface area contributed by atoms with Gasteiger partial charge in [0.15, 0.2) is 0 Å². The molecule has 1 aromatic heterocycles. The van der Waals surface area contributed by atoms with Crippen LogP contribution in [0.5, 0.6) is 0 Å². The van der Waals surface area contributed by atoms with Gasteiger partial charge in [0.2, 0.25) is 0 Å². The molecule has 1 heterocycles. The Hall–Kier alpha value is -2.10. The van der Waals surface area contributed by atoms with Crippen LogP contribution >= 0.6 is 0 Å². The van der Waals surface area contributed by atoms with Gasteiger partial charge in [0.05, 0.1) is 18.4 Å². The van der Waals surface area contributed by atoms with Crippen LogP contribution < -0.4 is 0 Å². The molecule has 0 aliphatic rings. The quantitative estimate of drug-likeness (QED) is 0.917. The average molecular weight is 258 g/mol. The summed E-state index contributed by atoms with van der Waals surface area (Å²) in [5.41, 5.74) is 5.67. The zero-order valence-corrected chi connectivity index (χ0v) is 11.5. The van der Waals surface area contributed by atoms with E-state index in [9.17, 15) is 4.79 Å². The second-order valence-corrected chi connectivity index (χ2v) is 4.91. The number of aryl methyl sites for hydroxylation is 4. The minimum absolute atomic E-state index is 0.113. The largest absolute Gasteiger partial charge is 0.481 e. The third-order valence-electron chi connectivity index (χ3n) is 3.15. The van der Waals surface area contributed by atoms with Crippen molar-refractivity contribution < 1.29 is 9.90 Å². The highest BCUT2D eigenvalue weighted by Gasteiger charge is 2.10. The Morgan fingerprint density at radius 2 is 1.89 bits per heavy atom. The molecule has 1 aromatic carbocycles. The van der Waals surface area contributed by atoms with Crippen LogP contribution in [0.15, 0.2) is 24.7 Å². The van der Waals surface area contributed by atoms with Crippen LogP contribution in [0.1, 0.15) is 23.1 Å². The molecule has 19 heavy (non-hydrogen) atoms. The highest BCUT2D eigenvalue weighted by atomic mass is 16.4. The molecule has 0 unspecified atom stereocenters. The van der Waals surface area contributed by atoms with Crippen LogP contribution in [0.2, 0.25) is 0 Å². The summed E-state index contributed by atoms with van der Waals surface area (Å²) < 4.78 is 1.82. The molecule has 1 N–H and O–H groups in total. The molecule has 0 bridgehead atoms. The highest BCUT2D eigenvalue weighted by molar-refractivity contribution is 5.68. The number of hydrogen-bond acceptors (Lipinski definition) is 2. The molecule has 0 saturated heterocycles. The van der Waals surface area contributed by atoms with Gasteiger partial charge in [-0.25, -0.2) is 4.98 Å². The Labute approximate surface area is 112 Å². The summed E-state index contributed by atoms with van der Waals surface area (Å²) in [5.74, 6) is -0.794. The van der Waals surface area contributed by atoms with Gasteiger partial charge >= 0.3 is 5.97 Å². The minimum atomic E-state index is -0.794. The minimum Gasteiger partial charge on any atom is -0.481 e. The number of benzene rings is 1. The third kappa shape index (κ3) is 3.02. The zero-order chi connectivity index (χ0) is 14.0. The average Bonchev–Trinajstić information content (AvgIpc) is 2.73. The molecule has 2 rings (SSSR count). The zero-order valence-electron chi connectivity index (χ0n) is 11.5. The van der Waals surface area contributed by atoms with Gasteiger partial charge in [-0.2, -0.15) is 0 Å². The fourth-order valence-electron chi connectivity index (χ4n) is 2.42. The molecule has 0 radical (unpaired) electrons. The molecule has 4 heteroatoms. The molecule has 0 atom stereocenters. The lowest BCUT2D eigenvalue weighted by Gasteiger charge is -2.08.